The molecule has 164 valence electrons. The number of hydrogen-bond acceptors (Lipinski definition) is 4. The summed E-state index contributed by atoms with van der Waals surface area (Å²) in [5, 5.41) is 5.43. The minimum absolute atomic E-state index is 0.131. The molecule has 0 bridgehead atoms. The summed E-state index contributed by atoms with van der Waals surface area (Å²) in [5.41, 5.74) is 3.21. The lowest BCUT2D eigenvalue weighted by Gasteiger charge is -2.44. The Hall–Kier alpha value is -2.63. The fraction of sp³-hybridized carbons (Fsp3) is 0.560. The van der Waals surface area contributed by atoms with Crippen LogP contribution in [0.4, 0.5) is 0 Å². The molecule has 5 rings (SSSR count). The molecule has 2 fully saturated rings. The molecule has 2 atom stereocenters. The highest BCUT2D eigenvalue weighted by molar-refractivity contribution is 6.06. The number of furan rings is 1. The second-order valence-corrected chi connectivity index (χ2v) is 9.55. The fourth-order valence-corrected chi connectivity index (χ4v) is 5.63. The van der Waals surface area contributed by atoms with E-state index in [1.807, 2.05) is 36.9 Å². The standard InChI is InChI=1S/C25H32N4O2/c1-15(2)29-24-21(14-26-29)20(13-22(27-24)19-12-16(3)31-17(19)4)25(30)28-11-7-9-18-8-5-6-10-23(18)28/h12-15,18,23H,5-11H2,1-4H3. The van der Waals surface area contributed by atoms with Crippen molar-refractivity contribution in [3.8, 4) is 11.3 Å². The second kappa shape index (κ2) is 7.81. The average molecular weight is 421 g/mol. The van der Waals surface area contributed by atoms with E-state index in [-0.39, 0.29) is 11.9 Å². The van der Waals surface area contributed by atoms with Gasteiger partial charge in [-0.15, -0.1) is 0 Å². The lowest BCUT2D eigenvalue weighted by molar-refractivity contribution is 0.0392. The Labute approximate surface area is 183 Å². The number of carbonyl (C=O) groups is 1. The minimum Gasteiger partial charge on any atom is -0.466 e. The van der Waals surface area contributed by atoms with Crippen molar-refractivity contribution >= 4 is 16.9 Å². The van der Waals surface area contributed by atoms with Crippen molar-refractivity contribution in [3.63, 3.8) is 0 Å². The summed E-state index contributed by atoms with van der Waals surface area (Å²) in [6, 6.07) is 4.50. The van der Waals surface area contributed by atoms with Crippen molar-refractivity contribution < 1.29 is 9.21 Å². The van der Waals surface area contributed by atoms with Crippen LogP contribution in [0, 0.1) is 19.8 Å². The van der Waals surface area contributed by atoms with Gasteiger partial charge in [0.05, 0.1) is 22.8 Å². The Morgan fingerprint density at radius 1 is 1.13 bits per heavy atom. The molecule has 1 amide bonds. The maximum absolute atomic E-state index is 14.0. The number of rotatable bonds is 3. The molecule has 31 heavy (non-hydrogen) atoms. The van der Waals surface area contributed by atoms with E-state index < -0.39 is 0 Å². The maximum Gasteiger partial charge on any atom is 0.254 e. The van der Waals surface area contributed by atoms with Gasteiger partial charge in [-0.2, -0.15) is 5.10 Å². The number of likely N-dealkylation sites (tertiary alicyclic amines) is 1. The number of fused-ring (bicyclic) bond motifs is 2. The highest BCUT2D eigenvalue weighted by Gasteiger charge is 2.37. The number of piperidine rings is 1. The van der Waals surface area contributed by atoms with Gasteiger partial charge in [-0.1, -0.05) is 12.8 Å². The van der Waals surface area contributed by atoms with Gasteiger partial charge in [0.1, 0.15) is 11.5 Å². The van der Waals surface area contributed by atoms with E-state index in [1.165, 1.54) is 25.7 Å². The van der Waals surface area contributed by atoms with Gasteiger partial charge in [0.25, 0.3) is 5.91 Å². The van der Waals surface area contributed by atoms with E-state index in [4.69, 9.17) is 9.40 Å². The van der Waals surface area contributed by atoms with Crippen LogP contribution in [-0.4, -0.2) is 38.2 Å². The van der Waals surface area contributed by atoms with Crippen LogP contribution in [0.5, 0.6) is 0 Å². The normalized spacial score (nSPS) is 21.6. The molecular weight excluding hydrogens is 388 g/mol. The number of carbonyl (C=O) groups excluding carboxylic acids is 1. The van der Waals surface area contributed by atoms with Crippen LogP contribution in [0.2, 0.25) is 0 Å². The quantitative estimate of drug-likeness (QED) is 0.546. The van der Waals surface area contributed by atoms with E-state index >= 15 is 0 Å². The maximum atomic E-state index is 14.0. The first-order chi connectivity index (χ1) is 14.9. The Morgan fingerprint density at radius 2 is 1.90 bits per heavy atom. The average Bonchev–Trinajstić information content (AvgIpc) is 3.34. The smallest absolute Gasteiger partial charge is 0.254 e. The number of hydrogen-bond donors (Lipinski definition) is 0. The summed E-state index contributed by atoms with van der Waals surface area (Å²) in [7, 11) is 0. The Morgan fingerprint density at radius 3 is 2.65 bits per heavy atom. The third-order valence-electron chi connectivity index (χ3n) is 7.11. The first-order valence-corrected chi connectivity index (χ1v) is 11.7. The molecule has 3 aromatic heterocycles. The summed E-state index contributed by atoms with van der Waals surface area (Å²) in [6.07, 6.45) is 9.07. The minimum atomic E-state index is 0.131. The van der Waals surface area contributed by atoms with E-state index in [0.717, 1.165) is 58.8 Å². The van der Waals surface area contributed by atoms with Gasteiger partial charge < -0.3 is 9.32 Å². The third-order valence-corrected chi connectivity index (χ3v) is 7.11. The largest absolute Gasteiger partial charge is 0.466 e. The van der Waals surface area contributed by atoms with Crippen molar-refractivity contribution in [1.82, 2.24) is 19.7 Å². The highest BCUT2D eigenvalue weighted by Crippen LogP contribution is 2.37. The molecule has 1 aliphatic carbocycles. The lowest BCUT2D eigenvalue weighted by Crippen LogP contribution is -2.49. The molecule has 3 aromatic rings. The van der Waals surface area contributed by atoms with Gasteiger partial charge >= 0.3 is 0 Å². The second-order valence-electron chi connectivity index (χ2n) is 9.55. The van der Waals surface area contributed by atoms with Gasteiger partial charge in [0.15, 0.2) is 5.65 Å². The summed E-state index contributed by atoms with van der Waals surface area (Å²) in [6.45, 7) is 8.92. The Balaban J connectivity index is 1.65. The summed E-state index contributed by atoms with van der Waals surface area (Å²) < 4.78 is 7.68. The molecule has 0 radical (unpaired) electrons. The van der Waals surface area contributed by atoms with Gasteiger partial charge in [-0.3, -0.25) is 4.79 Å². The van der Waals surface area contributed by atoms with Gasteiger partial charge in [-0.05, 0) is 71.4 Å². The SMILES string of the molecule is Cc1cc(-c2cc(C(=O)N3CCCC4CCCCC43)c3cnn(C(C)C)c3n2)c(C)o1. The molecule has 2 aliphatic rings. The van der Waals surface area contributed by atoms with Gasteiger partial charge in [0, 0.05) is 24.2 Å². The summed E-state index contributed by atoms with van der Waals surface area (Å²) in [5.74, 6) is 2.45. The third kappa shape index (κ3) is 3.46. The molecule has 0 spiro atoms. The van der Waals surface area contributed by atoms with E-state index in [9.17, 15) is 4.79 Å². The van der Waals surface area contributed by atoms with Crippen LogP contribution >= 0.6 is 0 Å². The van der Waals surface area contributed by atoms with Crippen LogP contribution in [0.1, 0.15) is 80.3 Å². The predicted octanol–water partition coefficient (Wildman–Crippen LogP) is 5.68. The zero-order chi connectivity index (χ0) is 21.7. The summed E-state index contributed by atoms with van der Waals surface area (Å²) >= 11 is 0. The predicted molar refractivity (Wildman–Crippen MR) is 121 cm³/mol. The molecule has 1 aliphatic heterocycles. The molecule has 0 N–H and O–H groups in total. The van der Waals surface area contributed by atoms with Crippen molar-refractivity contribution in [2.24, 2.45) is 5.92 Å². The van der Waals surface area contributed by atoms with Gasteiger partial charge in [0.2, 0.25) is 0 Å². The van der Waals surface area contributed by atoms with Crippen molar-refractivity contribution in [3.05, 3.63) is 35.4 Å². The van der Waals surface area contributed by atoms with Crippen LogP contribution in [0.25, 0.3) is 22.3 Å². The molecule has 0 aromatic carbocycles. The topological polar surface area (TPSA) is 64.2 Å². The first kappa shape index (κ1) is 20.3. The van der Waals surface area contributed by atoms with E-state index in [0.29, 0.717) is 12.0 Å². The van der Waals surface area contributed by atoms with Crippen LogP contribution in [0.3, 0.4) is 0 Å². The molecule has 2 unspecified atom stereocenters. The van der Waals surface area contributed by atoms with Crippen LogP contribution < -0.4 is 0 Å². The van der Waals surface area contributed by atoms with Crippen molar-refractivity contribution in [2.45, 2.75) is 78.3 Å². The lowest BCUT2D eigenvalue weighted by atomic mass is 9.78. The molecule has 6 heteroatoms. The number of nitrogens with zero attached hydrogens (tertiary/aromatic N) is 4. The first-order valence-electron chi connectivity index (χ1n) is 11.7. The number of amides is 1. The monoisotopic (exact) mass is 420 g/mol. The van der Waals surface area contributed by atoms with Crippen LogP contribution in [0.15, 0.2) is 22.7 Å². The molecule has 1 saturated heterocycles. The zero-order valence-electron chi connectivity index (χ0n) is 19.0. The molecular formula is C25H32N4O2. The zero-order valence-corrected chi connectivity index (χ0v) is 19.0. The van der Waals surface area contributed by atoms with Gasteiger partial charge in [-0.25, -0.2) is 9.67 Å². The summed E-state index contributed by atoms with van der Waals surface area (Å²) in [4.78, 5) is 21.1. The number of pyridine rings is 1. The molecule has 6 nitrogen and oxygen atoms in total. The van der Waals surface area contributed by atoms with Crippen LogP contribution in [-0.2, 0) is 0 Å². The van der Waals surface area contributed by atoms with E-state index in [1.54, 1.807) is 0 Å². The number of aromatic nitrogens is 3. The Bertz CT molecular complexity index is 1120. The molecule has 4 heterocycles. The molecule has 1 saturated carbocycles. The van der Waals surface area contributed by atoms with E-state index in [2.05, 4.69) is 23.8 Å². The fourth-order valence-electron chi connectivity index (χ4n) is 5.63. The van der Waals surface area contributed by atoms with Crippen molar-refractivity contribution in [2.75, 3.05) is 6.54 Å². The van der Waals surface area contributed by atoms with Crippen molar-refractivity contribution in [1.29, 1.82) is 0 Å². The Kier molecular flexibility index (Phi) is 5.11. The number of aryl methyl sites for hydroxylation is 2. The highest BCUT2D eigenvalue weighted by atomic mass is 16.3.